The summed E-state index contributed by atoms with van der Waals surface area (Å²) in [5.41, 5.74) is 6.18. The smallest absolute Gasteiger partial charge is 0.240 e. The van der Waals surface area contributed by atoms with Crippen molar-refractivity contribution in [3.05, 3.63) is 23.8 Å². The lowest BCUT2D eigenvalue weighted by Crippen LogP contribution is -2.42. The van der Waals surface area contributed by atoms with Crippen LogP contribution in [-0.2, 0) is 11.3 Å². The van der Waals surface area contributed by atoms with Crippen molar-refractivity contribution >= 4 is 18.3 Å². The second kappa shape index (κ2) is 8.25. The Morgan fingerprint density at radius 2 is 2.09 bits per heavy atom. The van der Waals surface area contributed by atoms with Crippen LogP contribution in [-0.4, -0.2) is 25.2 Å². The number of methoxy groups -OCH3 is 1. The van der Waals surface area contributed by atoms with Crippen LogP contribution in [0, 0.1) is 0 Å². The first-order valence-electron chi connectivity index (χ1n) is 7.46. The Morgan fingerprint density at radius 1 is 1.36 bits per heavy atom. The molecule has 3 N–H and O–H groups in total. The molecule has 6 heteroatoms. The molecule has 1 saturated carbocycles. The molecule has 1 aromatic carbocycles. The Hall–Kier alpha value is -1.46. The topological polar surface area (TPSA) is 73.6 Å². The summed E-state index contributed by atoms with van der Waals surface area (Å²) in [5.74, 6) is 1.34. The van der Waals surface area contributed by atoms with Crippen molar-refractivity contribution < 1.29 is 14.3 Å². The minimum absolute atomic E-state index is 0. The normalized spacial score (nSPS) is 14.7. The zero-order chi connectivity index (χ0) is 15.3. The van der Waals surface area contributed by atoms with Crippen molar-refractivity contribution in [3.8, 4) is 11.5 Å². The summed E-state index contributed by atoms with van der Waals surface area (Å²) in [4.78, 5) is 11.8. The molecule has 0 bridgehead atoms. The van der Waals surface area contributed by atoms with E-state index in [-0.39, 0.29) is 18.3 Å². The maximum atomic E-state index is 11.8. The van der Waals surface area contributed by atoms with E-state index in [4.69, 9.17) is 15.2 Å². The summed E-state index contributed by atoms with van der Waals surface area (Å²) >= 11 is 0. The molecule has 0 aliphatic heterocycles. The number of rotatable bonds is 8. The molecule has 0 saturated heterocycles. The van der Waals surface area contributed by atoms with Gasteiger partial charge in [0, 0.05) is 6.54 Å². The summed E-state index contributed by atoms with van der Waals surface area (Å²) < 4.78 is 11.0. The van der Waals surface area contributed by atoms with Crippen LogP contribution >= 0.6 is 12.4 Å². The summed E-state index contributed by atoms with van der Waals surface area (Å²) in [7, 11) is 1.61. The molecule has 0 unspecified atom stereocenters. The zero-order valence-corrected chi connectivity index (χ0v) is 14.0. The first kappa shape index (κ1) is 18.6. The van der Waals surface area contributed by atoms with Crippen LogP contribution in [0.25, 0.3) is 0 Å². The van der Waals surface area contributed by atoms with E-state index in [0.717, 1.165) is 37.0 Å². The molecule has 0 atom stereocenters. The van der Waals surface area contributed by atoms with Gasteiger partial charge in [-0.15, -0.1) is 12.4 Å². The number of benzene rings is 1. The second-order valence-electron chi connectivity index (χ2n) is 5.53. The number of unbranched alkanes of at least 4 members (excludes halogenated alkanes) is 1. The number of hydrogen-bond acceptors (Lipinski definition) is 4. The maximum absolute atomic E-state index is 11.8. The molecule has 22 heavy (non-hydrogen) atoms. The van der Waals surface area contributed by atoms with Gasteiger partial charge >= 0.3 is 0 Å². The molecule has 0 aromatic heterocycles. The van der Waals surface area contributed by atoms with Crippen LogP contribution < -0.4 is 20.5 Å². The van der Waals surface area contributed by atoms with E-state index in [1.165, 1.54) is 0 Å². The lowest BCUT2D eigenvalue weighted by atomic mass is 10.2. The molecular formula is C16H25ClN2O3. The fourth-order valence-electron chi connectivity index (χ4n) is 1.99. The SMILES string of the molecule is CCCCOc1ccc(CNC(=O)C2(N)CC2)cc1OC.Cl. The third-order valence-corrected chi connectivity index (χ3v) is 3.68. The number of nitrogens with two attached hydrogens (primary N) is 1. The van der Waals surface area contributed by atoms with Gasteiger partial charge < -0.3 is 20.5 Å². The molecule has 0 spiro atoms. The number of carbonyl (C=O) groups is 1. The number of nitrogens with one attached hydrogen (secondary N) is 1. The number of hydrogen-bond donors (Lipinski definition) is 2. The predicted molar refractivity (Wildman–Crippen MR) is 88.6 cm³/mol. The van der Waals surface area contributed by atoms with Crippen LogP contribution in [0.5, 0.6) is 11.5 Å². The fourth-order valence-corrected chi connectivity index (χ4v) is 1.99. The summed E-state index contributed by atoms with van der Waals surface area (Å²) in [6.45, 7) is 3.25. The highest BCUT2D eigenvalue weighted by molar-refractivity contribution is 5.88. The van der Waals surface area contributed by atoms with Gasteiger partial charge in [0.15, 0.2) is 11.5 Å². The van der Waals surface area contributed by atoms with Crippen LogP contribution in [0.1, 0.15) is 38.2 Å². The Bertz CT molecular complexity index is 504. The first-order chi connectivity index (χ1) is 10.1. The number of ether oxygens (including phenoxy) is 2. The standard InChI is InChI=1S/C16H24N2O3.ClH/c1-3-4-9-21-13-6-5-12(10-14(13)20-2)11-18-15(19)16(17)7-8-16;/h5-6,10H,3-4,7-9,11,17H2,1-2H3,(H,18,19);1H. The van der Waals surface area contributed by atoms with Gasteiger partial charge in [-0.25, -0.2) is 0 Å². The molecule has 1 aliphatic rings. The van der Waals surface area contributed by atoms with Crippen LogP contribution in [0.4, 0.5) is 0 Å². The molecule has 1 amide bonds. The van der Waals surface area contributed by atoms with E-state index in [1.54, 1.807) is 7.11 Å². The van der Waals surface area contributed by atoms with Gasteiger partial charge in [0.2, 0.25) is 5.91 Å². The van der Waals surface area contributed by atoms with Crippen molar-refractivity contribution in [2.24, 2.45) is 5.73 Å². The van der Waals surface area contributed by atoms with E-state index in [1.807, 2.05) is 18.2 Å². The van der Waals surface area contributed by atoms with Crippen LogP contribution in [0.3, 0.4) is 0 Å². The number of amides is 1. The Morgan fingerprint density at radius 3 is 2.68 bits per heavy atom. The average Bonchev–Trinajstić information content (AvgIpc) is 3.25. The highest BCUT2D eigenvalue weighted by Gasteiger charge is 2.45. The average molecular weight is 329 g/mol. The number of carbonyl (C=O) groups excluding carboxylic acids is 1. The van der Waals surface area contributed by atoms with Crippen molar-refractivity contribution in [1.29, 1.82) is 0 Å². The third-order valence-electron chi connectivity index (χ3n) is 3.68. The molecule has 1 fully saturated rings. The van der Waals surface area contributed by atoms with E-state index >= 15 is 0 Å². The molecule has 2 rings (SSSR count). The minimum atomic E-state index is -0.632. The van der Waals surface area contributed by atoms with E-state index < -0.39 is 5.54 Å². The highest BCUT2D eigenvalue weighted by atomic mass is 35.5. The molecule has 0 heterocycles. The van der Waals surface area contributed by atoms with Crippen LogP contribution in [0.15, 0.2) is 18.2 Å². The quantitative estimate of drug-likeness (QED) is 0.719. The van der Waals surface area contributed by atoms with E-state index in [2.05, 4.69) is 12.2 Å². The van der Waals surface area contributed by atoms with E-state index in [0.29, 0.717) is 18.9 Å². The van der Waals surface area contributed by atoms with Gasteiger partial charge in [-0.3, -0.25) is 4.79 Å². The molecular weight excluding hydrogens is 304 g/mol. The molecule has 1 aromatic rings. The van der Waals surface area contributed by atoms with E-state index in [9.17, 15) is 4.79 Å². The molecule has 124 valence electrons. The number of halogens is 1. The Kier molecular flexibility index (Phi) is 6.97. The summed E-state index contributed by atoms with van der Waals surface area (Å²) in [6.07, 6.45) is 3.64. The van der Waals surface area contributed by atoms with Gasteiger partial charge in [-0.1, -0.05) is 19.4 Å². The van der Waals surface area contributed by atoms with Crippen LogP contribution in [0.2, 0.25) is 0 Å². The Labute approximate surface area is 138 Å². The second-order valence-corrected chi connectivity index (χ2v) is 5.53. The van der Waals surface area contributed by atoms with Gasteiger partial charge in [-0.05, 0) is 37.0 Å². The third kappa shape index (κ3) is 4.78. The van der Waals surface area contributed by atoms with Crippen molar-refractivity contribution in [1.82, 2.24) is 5.32 Å². The minimum Gasteiger partial charge on any atom is -0.493 e. The Balaban J connectivity index is 0.00000242. The highest BCUT2D eigenvalue weighted by Crippen LogP contribution is 2.32. The maximum Gasteiger partial charge on any atom is 0.240 e. The van der Waals surface area contributed by atoms with Crippen molar-refractivity contribution in [2.45, 2.75) is 44.7 Å². The largest absolute Gasteiger partial charge is 0.493 e. The van der Waals surface area contributed by atoms with Crippen molar-refractivity contribution in [3.63, 3.8) is 0 Å². The predicted octanol–water partition coefficient (Wildman–Crippen LogP) is 2.40. The molecule has 0 radical (unpaired) electrons. The summed E-state index contributed by atoms with van der Waals surface area (Å²) in [6, 6.07) is 5.70. The van der Waals surface area contributed by atoms with Gasteiger partial charge in [0.1, 0.15) is 0 Å². The lowest BCUT2D eigenvalue weighted by Gasteiger charge is -2.13. The first-order valence-corrected chi connectivity index (χ1v) is 7.46. The van der Waals surface area contributed by atoms with Crippen molar-refractivity contribution in [2.75, 3.05) is 13.7 Å². The van der Waals surface area contributed by atoms with Gasteiger partial charge in [0.25, 0.3) is 0 Å². The monoisotopic (exact) mass is 328 g/mol. The fraction of sp³-hybridized carbons (Fsp3) is 0.562. The lowest BCUT2D eigenvalue weighted by molar-refractivity contribution is -0.123. The zero-order valence-electron chi connectivity index (χ0n) is 13.2. The molecule has 1 aliphatic carbocycles. The summed E-state index contributed by atoms with van der Waals surface area (Å²) in [5, 5.41) is 2.86. The van der Waals surface area contributed by atoms with Gasteiger partial charge in [-0.2, -0.15) is 0 Å². The van der Waals surface area contributed by atoms with Gasteiger partial charge in [0.05, 0.1) is 19.3 Å². The molecule has 5 nitrogen and oxygen atoms in total.